The summed E-state index contributed by atoms with van der Waals surface area (Å²) in [5, 5.41) is 10.3. The molecule has 0 radical (unpaired) electrons. The van der Waals surface area contributed by atoms with Crippen LogP contribution in [0.1, 0.15) is 66.6 Å². The highest BCUT2D eigenvalue weighted by molar-refractivity contribution is 5.94. The summed E-state index contributed by atoms with van der Waals surface area (Å²) < 4.78 is 5.32. The molecule has 1 heterocycles. The summed E-state index contributed by atoms with van der Waals surface area (Å²) in [6.07, 6.45) is 4.50. The van der Waals surface area contributed by atoms with E-state index in [1.165, 1.54) is 0 Å². The summed E-state index contributed by atoms with van der Waals surface area (Å²) in [5.41, 5.74) is 1.61. The lowest BCUT2D eigenvalue weighted by molar-refractivity contribution is 0.0951. The van der Waals surface area contributed by atoms with Crippen LogP contribution in [0.15, 0.2) is 28.8 Å². The minimum Gasteiger partial charge on any atom is -0.374 e. The number of rotatable bonds is 6. The first-order valence-electron chi connectivity index (χ1n) is 8.20. The Kier molecular flexibility index (Phi) is 3.52. The van der Waals surface area contributed by atoms with E-state index in [1.807, 2.05) is 31.2 Å². The molecule has 0 saturated heterocycles. The maximum absolute atomic E-state index is 12.0. The van der Waals surface area contributed by atoms with Gasteiger partial charge in [0, 0.05) is 23.2 Å². The Hall–Kier alpha value is -2.37. The second kappa shape index (κ2) is 5.68. The number of nitrogens with zero attached hydrogens (tertiary/aromatic N) is 2. The van der Waals surface area contributed by atoms with Gasteiger partial charge in [0.05, 0.1) is 0 Å². The highest BCUT2D eigenvalue weighted by Crippen LogP contribution is 2.38. The Bertz CT molecular complexity index is 702. The third-order valence-corrected chi connectivity index (χ3v) is 4.21. The molecular formula is C17H20N4O2. The van der Waals surface area contributed by atoms with Crippen molar-refractivity contribution in [3.8, 4) is 0 Å². The summed E-state index contributed by atoms with van der Waals surface area (Å²) >= 11 is 0. The number of carbonyl (C=O) groups is 1. The van der Waals surface area contributed by atoms with Crippen LogP contribution in [-0.4, -0.2) is 22.1 Å². The number of anilines is 1. The molecule has 1 aromatic carbocycles. The van der Waals surface area contributed by atoms with Gasteiger partial charge in [-0.15, -0.1) is 0 Å². The van der Waals surface area contributed by atoms with E-state index in [9.17, 15) is 4.79 Å². The molecule has 4 rings (SSSR count). The van der Waals surface area contributed by atoms with Crippen molar-refractivity contribution in [1.82, 2.24) is 15.5 Å². The molecule has 0 spiro atoms. The van der Waals surface area contributed by atoms with Crippen LogP contribution in [0.3, 0.4) is 0 Å². The molecule has 6 nitrogen and oxygen atoms in total. The normalized spacial score (nSPS) is 18.5. The summed E-state index contributed by atoms with van der Waals surface area (Å²) in [7, 11) is 0. The van der Waals surface area contributed by atoms with Crippen LogP contribution in [0.2, 0.25) is 0 Å². The maximum atomic E-state index is 12.0. The lowest BCUT2D eigenvalue weighted by atomic mass is 10.2. The zero-order chi connectivity index (χ0) is 15.8. The fourth-order valence-electron chi connectivity index (χ4n) is 2.46. The van der Waals surface area contributed by atoms with E-state index < -0.39 is 0 Å². The zero-order valence-corrected chi connectivity index (χ0v) is 13.1. The van der Waals surface area contributed by atoms with Crippen LogP contribution < -0.4 is 10.6 Å². The molecule has 2 aromatic rings. The molecule has 1 atom stereocenters. The predicted octanol–water partition coefficient (Wildman–Crippen LogP) is 3.01. The smallest absolute Gasteiger partial charge is 0.251 e. The van der Waals surface area contributed by atoms with Gasteiger partial charge in [-0.25, -0.2) is 0 Å². The van der Waals surface area contributed by atoms with Gasteiger partial charge in [-0.2, -0.15) is 4.98 Å². The first-order chi connectivity index (χ1) is 11.2. The second-order valence-electron chi connectivity index (χ2n) is 6.46. The predicted molar refractivity (Wildman–Crippen MR) is 85.2 cm³/mol. The molecule has 6 heteroatoms. The van der Waals surface area contributed by atoms with Crippen LogP contribution >= 0.6 is 0 Å². The van der Waals surface area contributed by atoms with Crippen molar-refractivity contribution in [2.24, 2.45) is 0 Å². The highest BCUT2D eigenvalue weighted by atomic mass is 16.5. The van der Waals surface area contributed by atoms with Gasteiger partial charge >= 0.3 is 0 Å². The van der Waals surface area contributed by atoms with Crippen LogP contribution in [0, 0.1) is 0 Å². The van der Waals surface area contributed by atoms with Crippen LogP contribution in [0.4, 0.5) is 5.69 Å². The fraction of sp³-hybridized carbons (Fsp3) is 0.471. The van der Waals surface area contributed by atoms with Crippen LogP contribution in [0.5, 0.6) is 0 Å². The van der Waals surface area contributed by atoms with E-state index in [2.05, 4.69) is 20.8 Å². The molecule has 2 aliphatic carbocycles. The third-order valence-electron chi connectivity index (χ3n) is 4.21. The van der Waals surface area contributed by atoms with E-state index in [1.54, 1.807) is 0 Å². The molecular weight excluding hydrogens is 292 g/mol. The van der Waals surface area contributed by atoms with Gasteiger partial charge in [-0.05, 0) is 56.9 Å². The second-order valence-corrected chi connectivity index (χ2v) is 6.46. The lowest BCUT2D eigenvalue weighted by Crippen LogP contribution is -2.25. The molecule has 2 fully saturated rings. The zero-order valence-electron chi connectivity index (χ0n) is 13.1. The van der Waals surface area contributed by atoms with Crippen molar-refractivity contribution in [3.63, 3.8) is 0 Å². The molecule has 0 bridgehead atoms. The lowest BCUT2D eigenvalue weighted by Gasteiger charge is -2.11. The molecule has 23 heavy (non-hydrogen) atoms. The summed E-state index contributed by atoms with van der Waals surface area (Å²) in [6.45, 7) is 1.98. The van der Waals surface area contributed by atoms with Crippen molar-refractivity contribution in [3.05, 3.63) is 41.5 Å². The van der Waals surface area contributed by atoms with Gasteiger partial charge in [0.25, 0.3) is 5.91 Å². The van der Waals surface area contributed by atoms with Crippen molar-refractivity contribution in [1.29, 1.82) is 0 Å². The quantitative estimate of drug-likeness (QED) is 0.857. The average Bonchev–Trinajstić information content (AvgIpc) is 3.49. The Morgan fingerprint density at radius 1 is 1.22 bits per heavy atom. The number of amides is 1. The Morgan fingerprint density at radius 2 is 1.96 bits per heavy atom. The summed E-state index contributed by atoms with van der Waals surface area (Å²) in [5.74, 6) is 1.91. The number of benzene rings is 1. The van der Waals surface area contributed by atoms with Gasteiger partial charge in [0.2, 0.25) is 5.89 Å². The molecule has 2 aliphatic rings. The molecule has 1 unspecified atom stereocenters. The van der Waals surface area contributed by atoms with Gasteiger partial charge in [0.15, 0.2) is 5.82 Å². The standard InChI is InChI=1S/C17H20N4O2/c1-10(17-20-15(21-23-17)11-2-3-11)18-13-6-4-12(5-7-13)16(22)19-14-8-9-14/h4-7,10-11,14,18H,2-3,8-9H2,1H3,(H,19,22). The largest absolute Gasteiger partial charge is 0.374 e. The molecule has 1 amide bonds. The van der Waals surface area contributed by atoms with Crippen molar-refractivity contribution >= 4 is 11.6 Å². The van der Waals surface area contributed by atoms with E-state index in [0.29, 0.717) is 23.4 Å². The van der Waals surface area contributed by atoms with E-state index in [-0.39, 0.29) is 11.9 Å². The number of hydrogen-bond donors (Lipinski definition) is 2. The van der Waals surface area contributed by atoms with E-state index in [4.69, 9.17) is 4.52 Å². The topological polar surface area (TPSA) is 80.0 Å². The monoisotopic (exact) mass is 312 g/mol. The molecule has 2 saturated carbocycles. The summed E-state index contributed by atoms with van der Waals surface area (Å²) in [6, 6.07) is 7.76. The number of nitrogens with one attached hydrogen (secondary N) is 2. The molecule has 2 N–H and O–H groups in total. The highest BCUT2D eigenvalue weighted by Gasteiger charge is 2.29. The molecule has 0 aliphatic heterocycles. The molecule has 1 aromatic heterocycles. The average molecular weight is 312 g/mol. The number of carbonyl (C=O) groups excluding carboxylic acids is 1. The van der Waals surface area contributed by atoms with Gasteiger partial charge in [-0.1, -0.05) is 5.16 Å². The first kappa shape index (κ1) is 14.2. The van der Waals surface area contributed by atoms with Crippen molar-refractivity contribution < 1.29 is 9.32 Å². The van der Waals surface area contributed by atoms with Crippen molar-refractivity contribution in [2.75, 3.05) is 5.32 Å². The Balaban J connectivity index is 1.38. The minimum absolute atomic E-state index is 0.00178. The van der Waals surface area contributed by atoms with E-state index in [0.717, 1.165) is 37.2 Å². The van der Waals surface area contributed by atoms with Gasteiger partial charge in [-0.3, -0.25) is 4.79 Å². The number of hydrogen-bond acceptors (Lipinski definition) is 5. The molecule has 120 valence electrons. The van der Waals surface area contributed by atoms with Crippen molar-refractivity contribution in [2.45, 2.75) is 50.6 Å². The SMILES string of the molecule is CC(Nc1ccc(C(=O)NC2CC2)cc1)c1nc(C2CC2)no1. The van der Waals surface area contributed by atoms with Gasteiger partial charge in [0.1, 0.15) is 6.04 Å². The first-order valence-corrected chi connectivity index (χ1v) is 8.20. The fourth-order valence-corrected chi connectivity index (χ4v) is 2.46. The van der Waals surface area contributed by atoms with Crippen LogP contribution in [-0.2, 0) is 0 Å². The Morgan fingerprint density at radius 3 is 2.61 bits per heavy atom. The van der Waals surface area contributed by atoms with Gasteiger partial charge < -0.3 is 15.2 Å². The third kappa shape index (κ3) is 3.36. The maximum Gasteiger partial charge on any atom is 0.251 e. The number of aromatic nitrogens is 2. The minimum atomic E-state index is -0.0684. The summed E-state index contributed by atoms with van der Waals surface area (Å²) in [4.78, 5) is 16.4. The van der Waals surface area contributed by atoms with E-state index >= 15 is 0 Å². The van der Waals surface area contributed by atoms with Crippen LogP contribution in [0.25, 0.3) is 0 Å². The Labute approximate surface area is 134 Å².